The molecule has 0 amide bonds. The van der Waals surface area contributed by atoms with Gasteiger partial charge < -0.3 is 9.47 Å². The Morgan fingerprint density at radius 1 is 0.974 bits per heavy atom. The Morgan fingerprint density at radius 2 is 1.63 bits per heavy atom. The van der Waals surface area contributed by atoms with Crippen LogP contribution in [-0.2, 0) is 19.1 Å². The number of hydrogen-bond acceptors (Lipinski definition) is 8. The van der Waals surface area contributed by atoms with E-state index in [2.05, 4.69) is 13.5 Å². The molecule has 2 aromatic rings. The van der Waals surface area contributed by atoms with Crippen molar-refractivity contribution < 1.29 is 28.7 Å². The summed E-state index contributed by atoms with van der Waals surface area (Å²) in [5.41, 5.74) is -1.50. The maximum absolute atomic E-state index is 14.0. The third-order valence-electron chi connectivity index (χ3n) is 10.1. The number of thiophene rings is 2. The number of esters is 2. The Hall–Kier alpha value is -2.58. The molecule has 0 saturated heterocycles. The van der Waals surface area contributed by atoms with Crippen molar-refractivity contribution >= 4 is 46.2 Å². The molecular formula is C30H32O6S2. The van der Waals surface area contributed by atoms with Crippen LogP contribution in [0.15, 0.2) is 47.2 Å². The summed E-state index contributed by atoms with van der Waals surface area (Å²) in [6.45, 7) is 6.54. The maximum atomic E-state index is 14.0. The van der Waals surface area contributed by atoms with Gasteiger partial charge in [-0.1, -0.05) is 32.1 Å². The highest BCUT2D eigenvalue weighted by Gasteiger charge is 2.72. The molecule has 6 atom stereocenters. The van der Waals surface area contributed by atoms with Crippen LogP contribution in [0.2, 0.25) is 0 Å². The van der Waals surface area contributed by atoms with Gasteiger partial charge in [-0.3, -0.25) is 9.59 Å². The molecule has 8 heteroatoms. The highest BCUT2D eigenvalue weighted by Crippen LogP contribution is 2.70. The minimum atomic E-state index is -1.07. The molecule has 5 fully saturated rings. The van der Waals surface area contributed by atoms with Crippen LogP contribution >= 0.6 is 22.7 Å². The van der Waals surface area contributed by atoms with E-state index in [0.29, 0.717) is 28.2 Å². The molecule has 200 valence electrons. The first-order valence-corrected chi connectivity index (χ1v) is 15.2. The maximum Gasteiger partial charge on any atom is 0.348 e. The second kappa shape index (κ2) is 9.26. The van der Waals surface area contributed by atoms with E-state index in [1.54, 1.807) is 12.1 Å². The molecule has 0 aliphatic heterocycles. The summed E-state index contributed by atoms with van der Waals surface area (Å²) in [4.78, 5) is 54.6. The Balaban J connectivity index is 1.36. The molecule has 2 bridgehead atoms. The Labute approximate surface area is 230 Å². The van der Waals surface area contributed by atoms with Crippen molar-refractivity contribution in [2.45, 2.75) is 51.9 Å². The minimum Gasteiger partial charge on any atom is -0.461 e. The fraction of sp³-hybridized carbons (Fsp3) is 0.533. The normalized spacial score (nSPS) is 35.9. The monoisotopic (exact) mass is 552 g/mol. The van der Waals surface area contributed by atoms with E-state index >= 15 is 0 Å². The summed E-state index contributed by atoms with van der Waals surface area (Å²) in [6, 6.07) is 7.13. The van der Waals surface area contributed by atoms with Crippen LogP contribution < -0.4 is 0 Å². The van der Waals surface area contributed by atoms with Gasteiger partial charge in [-0.25, -0.2) is 9.59 Å². The van der Waals surface area contributed by atoms with Crippen molar-refractivity contribution in [1.29, 1.82) is 0 Å². The predicted molar refractivity (Wildman–Crippen MR) is 144 cm³/mol. The number of allylic oxidation sites excluding steroid dienone is 1. The van der Waals surface area contributed by atoms with Gasteiger partial charge in [0.2, 0.25) is 0 Å². The summed E-state index contributed by atoms with van der Waals surface area (Å²) in [5.74, 6) is -1.13. The van der Waals surface area contributed by atoms with Crippen LogP contribution in [0.25, 0.3) is 0 Å². The fourth-order valence-electron chi connectivity index (χ4n) is 8.33. The lowest BCUT2D eigenvalue weighted by molar-refractivity contribution is -0.200. The molecule has 0 N–H and O–H groups in total. The highest BCUT2D eigenvalue weighted by molar-refractivity contribution is 7.12. The van der Waals surface area contributed by atoms with Gasteiger partial charge in [0.25, 0.3) is 0 Å². The average Bonchev–Trinajstić information content (AvgIpc) is 3.65. The van der Waals surface area contributed by atoms with Gasteiger partial charge in [0.1, 0.15) is 15.5 Å². The smallest absolute Gasteiger partial charge is 0.348 e. The number of ketones is 2. The molecule has 6 nitrogen and oxygen atoms in total. The van der Waals surface area contributed by atoms with Crippen molar-refractivity contribution in [3.8, 4) is 0 Å². The van der Waals surface area contributed by atoms with Gasteiger partial charge in [-0.05, 0) is 78.3 Å². The Kier molecular flexibility index (Phi) is 6.26. The van der Waals surface area contributed by atoms with Gasteiger partial charge in [0.05, 0.1) is 18.6 Å². The molecule has 5 aliphatic carbocycles. The number of ether oxygens (including phenoxy) is 2. The Bertz CT molecular complexity index is 1300. The van der Waals surface area contributed by atoms with E-state index in [4.69, 9.17) is 9.47 Å². The van der Waals surface area contributed by atoms with Crippen LogP contribution in [0, 0.1) is 34.0 Å². The number of carbonyl (C=O) groups is 4. The van der Waals surface area contributed by atoms with Crippen LogP contribution in [0.4, 0.5) is 0 Å². The zero-order chi connectivity index (χ0) is 26.7. The van der Waals surface area contributed by atoms with E-state index in [0.717, 1.165) is 25.7 Å². The number of rotatable bonds is 6. The van der Waals surface area contributed by atoms with Crippen LogP contribution in [0.3, 0.4) is 0 Å². The third kappa shape index (κ3) is 3.70. The number of Topliss-reactive ketones (excluding diaryl/α,β-unsaturated/α-hetero) is 2. The molecule has 7 rings (SSSR count). The van der Waals surface area contributed by atoms with Crippen LogP contribution in [0.5, 0.6) is 0 Å². The van der Waals surface area contributed by atoms with Gasteiger partial charge in [0, 0.05) is 17.3 Å². The zero-order valence-electron chi connectivity index (χ0n) is 21.5. The summed E-state index contributed by atoms with van der Waals surface area (Å²) in [7, 11) is 0. The van der Waals surface area contributed by atoms with Crippen molar-refractivity contribution in [2.24, 2.45) is 34.0 Å². The summed E-state index contributed by atoms with van der Waals surface area (Å²) >= 11 is 2.68. The number of carbonyl (C=O) groups excluding carboxylic acids is 4. The first-order valence-electron chi connectivity index (χ1n) is 13.4. The third-order valence-corrected chi connectivity index (χ3v) is 11.8. The second-order valence-electron chi connectivity index (χ2n) is 11.9. The quantitative estimate of drug-likeness (QED) is 0.243. The SMILES string of the molecule is C=C1C(=O)[C@]23CC[C@H]1CC2[C@]1(COC(=O)c2cccs2)CCC[C@@](C)(COC(=O)c2cccs2)C1CC3=O. The molecule has 5 saturated carbocycles. The van der Waals surface area contributed by atoms with E-state index in [-0.39, 0.29) is 60.9 Å². The lowest BCUT2D eigenvalue weighted by Crippen LogP contribution is -2.69. The molecule has 38 heavy (non-hydrogen) atoms. The second-order valence-corrected chi connectivity index (χ2v) is 13.8. The van der Waals surface area contributed by atoms with Crippen LogP contribution in [-0.4, -0.2) is 36.7 Å². The average molecular weight is 553 g/mol. The number of hydrogen-bond donors (Lipinski definition) is 0. The fourth-order valence-corrected chi connectivity index (χ4v) is 9.56. The van der Waals surface area contributed by atoms with Gasteiger partial charge in [-0.15, -0.1) is 22.7 Å². The van der Waals surface area contributed by atoms with Crippen molar-refractivity contribution in [3.63, 3.8) is 0 Å². The van der Waals surface area contributed by atoms with E-state index in [1.807, 2.05) is 22.9 Å². The van der Waals surface area contributed by atoms with E-state index in [1.165, 1.54) is 22.7 Å². The van der Waals surface area contributed by atoms with Crippen molar-refractivity contribution in [2.75, 3.05) is 13.2 Å². The van der Waals surface area contributed by atoms with Crippen molar-refractivity contribution in [3.05, 3.63) is 56.9 Å². The van der Waals surface area contributed by atoms with Crippen molar-refractivity contribution in [1.82, 2.24) is 0 Å². The largest absolute Gasteiger partial charge is 0.461 e. The first kappa shape index (κ1) is 25.7. The topological polar surface area (TPSA) is 86.7 Å². The summed E-state index contributed by atoms with van der Waals surface area (Å²) < 4.78 is 11.9. The van der Waals surface area contributed by atoms with Gasteiger partial charge in [0.15, 0.2) is 5.78 Å². The summed E-state index contributed by atoms with van der Waals surface area (Å²) in [5, 5.41) is 3.68. The molecular weight excluding hydrogens is 520 g/mol. The minimum absolute atomic E-state index is 0.00489. The van der Waals surface area contributed by atoms with Gasteiger partial charge in [-0.2, -0.15) is 0 Å². The molecule has 2 unspecified atom stereocenters. The molecule has 2 aromatic heterocycles. The lowest BCUT2D eigenvalue weighted by atomic mass is 9.36. The molecule has 0 radical (unpaired) electrons. The van der Waals surface area contributed by atoms with Crippen LogP contribution in [0.1, 0.15) is 71.2 Å². The standard InChI is InChI=1S/C30H32O6S2/c1-18-19-8-11-30(25(18)32)23(14-19)29(17-36-27(34)21-7-4-13-38-21)10-5-9-28(2,22(29)15-24(30)31)16-35-26(33)20-6-3-12-37-20/h3-4,6-7,12-13,19,22-23H,1,5,8-11,14-17H2,2H3/t19-,22?,23?,28-,29-,30+/m0/s1. The lowest BCUT2D eigenvalue weighted by Gasteiger charge is -2.66. The Morgan fingerprint density at radius 3 is 2.26 bits per heavy atom. The van der Waals surface area contributed by atoms with E-state index in [9.17, 15) is 19.2 Å². The molecule has 0 aromatic carbocycles. The number of fused-ring (bicyclic) bond motifs is 3. The molecule has 1 spiro atoms. The van der Waals surface area contributed by atoms with Gasteiger partial charge >= 0.3 is 11.9 Å². The summed E-state index contributed by atoms with van der Waals surface area (Å²) in [6.07, 6.45) is 4.72. The first-order chi connectivity index (χ1) is 18.2. The van der Waals surface area contributed by atoms with E-state index < -0.39 is 16.2 Å². The molecule has 2 heterocycles. The highest BCUT2D eigenvalue weighted by atomic mass is 32.1. The molecule has 5 aliphatic rings. The predicted octanol–water partition coefficient (Wildman–Crippen LogP) is 6.13. The zero-order valence-corrected chi connectivity index (χ0v) is 23.2.